The molecule has 2 rings (SSSR count). The molecule has 1 N–H and O–H groups in total. The molecule has 1 saturated heterocycles. The molecule has 1 aromatic heterocycles. The van der Waals surface area contributed by atoms with Gasteiger partial charge in [-0.15, -0.1) is 0 Å². The number of carbonyl (C=O) groups excluding carboxylic acids is 1. The van der Waals surface area contributed by atoms with Gasteiger partial charge >= 0.3 is 12.1 Å². The van der Waals surface area contributed by atoms with Gasteiger partial charge in [-0.3, -0.25) is 4.90 Å². The fourth-order valence-corrected chi connectivity index (χ4v) is 2.22. The molecule has 114 valence electrons. The zero-order chi connectivity index (χ0) is 15.2. The molecule has 0 saturated carbocycles. The van der Waals surface area contributed by atoms with Crippen LogP contribution in [0.15, 0.2) is 18.2 Å². The molecule has 0 aliphatic carbocycles. The lowest BCUT2D eigenvalue weighted by molar-refractivity contribution is 0.0686. The predicted molar refractivity (Wildman–Crippen MR) is 75.1 cm³/mol. The van der Waals surface area contributed by atoms with E-state index in [0.29, 0.717) is 26.2 Å². The van der Waals surface area contributed by atoms with Gasteiger partial charge in [-0.05, 0) is 19.1 Å². The normalized spacial score (nSPS) is 15.8. The second-order valence-corrected chi connectivity index (χ2v) is 4.78. The Kier molecular flexibility index (Phi) is 5.10. The molecular formula is C14H19N3O4. The standard InChI is InChI=1S/C14H19N3O4/c1-2-21-14(20)17-8-6-16(7-9-17)10-11-4-3-5-12(15-11)13(18)19/h3-5H,2,6-10H2,1H3,(H,18,19). The molecule has 0 atom stereocenters. The van der Waals surface area contributed by atoms with E-state index in [4.69, 9.17) is 9.84 Å². The molecular weight excluding hydrogens is 274 g/mol. The highest BCUT2D eigenvalue weighted by molar-refractivity contribution is 5.85. The molecule has 1 aliphatic rings. The van der Waals surface area contributed by atoms with Crippen LogP contribution in [0.2, 0.25) is 0 Å². The van der Waals surface area contributed by atoms with E-state index in [0.717, 1.165) is 18.8 Å². The number of nitrogens with zero attached hydrogens (tertiary/aromatic N) is 3. The van der Waals surface area contributed by atoms with E-state index < -0.39 is 5.97 Å². The molecule has 0 bridgehead atoms. The van der Waals surface area contributed by atoms with Gasteiger partial charge in [-0.25, -0.2) is 14.6 Å². The second-order valence-electron chi connectivity index (χ2n) is 4.78. The van der Waals surface area contributed by atoms with Crippen LogP contribution in [0.25, 0.3) is 0 Å². The fourth-order valence-electron chi connectivity index (χ4n) is 2.22. The Morgan fingerprint density at radius 1 is 1.29 bits per heavy atom. The highest BCUT2D eigenvalue weighted by atomic mass is 16.6. The first kappa shape index (κ1) is 15.2. The van der Waals surface area contributed by atoms with Crippen molar-refractivity contribution in [3.8, 4) is 0 Å². The van der Waals surface area contributed by atoms with E-state index >= 15 is 0 Å². The highest BCUT2D eigenvalue weighted by Gasteiger charge is 2.22. The molecule has 1 fully saturated rings. The van der Waals surface area contributed by atoms with Crippen molar-refractivity contribution in [2.75, 3.05) is 32.8 Å². The number of carbonyl (C=O) groups is 2. The Morgan fingerprint density at radius 3 is 2.62 bits per heavy atom. The number of amides is 1. The van der Waals surface area contributed by atoms with Crippen LogP contribution in [-0.2, 0) is 11.3 Å². The first-order valence-electron chi connectivity index (χ1n) is 6.93. The Bertz CT molecular complexity index is 513. The number of rotatable bonds is 4. The summed E-state index contributed by atoms with van der Waals surface area (Å²) in [6, 6.07) is 4.98. The Labute approximate surface area is 123 Å². The van der Waals surface area contributed by atoms with Crippen LogP contribution in [0.1, 0.15) is 23.1 Å². The van der Waals surface area contributed by atoms with Crippen molar-refractivity contribution in [2.45, 2.75) is 13.5 Å². The second kappa shape index (κ2) is 7.03. The minimum absolute atomic E-state index is 0.0534. The third-order valence-corrected chi connectivity index (χ3v) is 3.31. The van der Waals surface area contributed by atoms with Crippen LogP contribution in [0, 0.1) is 0 Å². The van der Waals surface area contributed by atoms with E-state index in [1.165, 1.54) is 6.07 Å². The van der Waals surface area contributed by atoms with E-state index in [1.54, 1.807) is 17.9 Å². The van der Waals surface area contributed by atoms with Crippen molar-refractivity contribution < 1.29 is 19.4 Å². The first-order valence-corrected chi connectivity index (χ1v) is 6.93. The summed E-state index contributed by atoms with van der Waals surface area (Å²) in [4.78, 5) is 30.4. The minimum Gasteiger partial charge on any atom is -0.477 e. The van der Waals surface area contributed by atoms with Crippen molar-refractivity contribution in [1.82, 2.24) is 14.8 Å². The summed E-state index contributed by atoms with van der Waals surface area (Å²) in [6.45, 7) is 5.41. The van der Waals surface area contributed by atoms with Gasteiger partial charge in [0.15, 0.2) is 0 Å². The van der Waals surface area contributed by atoms with Crippen molar-refractivity contribution in [3.63, 3.8) is 0 Å². The van der Waals surface area contributed by atoms with E-state index in [2.05, 4.69) is 9.88 Å². The number of hydrogen-bond donors (Lipinski definition) is 1. The molecule has 1 amide bonds. The third-order valence-electron chi connectivity index (χ3n) is 3.31. The molecule has 21 heavy (non-hydrogen) atoms. The summed E-state index contributed by atoms with van der Waals surface area (Å²) in [5, 5.41) is 8.93. The summed E-state index contributed by atoms with van der Waals surface area (Å²) < 4.78 is 4.97. The number of carboxylic acid groups (broad SMARTS) is 1. The van der Waals surface area contributed by atoms with Gasteiger partial charge in [-0.2, -0.15) is 0 Å². The van der Waals surface area contributed by atoms with Crippen LogP contribution >= 0.6 is 0 Å². The molecule has 7 heteroatoms. The fraction of sp³-hybridized carbons (Fsp3) is 0.500. The zero-order valence-electron chi connectivity index (χ0n) is 12.0. The van der Waals surface area contributed by atoms with Crippen LogP contribution in [0.3, 0.4) is 0 Å². The highest BCUT2D eigenvalue weighted by Crippen LogP contribution is 2.09. The van der Waals surface area contributed by atoms with Crippen molar-refractivity contribution in [2.24, 2.45) is 0 Å². The predicted octanol–water partition coefficient (Wildman–Crippen LogP) is 1.05. The van der Waals surface area contributed by atoms with E-state index in [1.807, 2.05) is 6.07 Å². The number of ether oxygens (including phenoxy) is 1. The molecule has 0 spiro atoms. The van der Waals surface area contributed by atoms with Crippen molar-refractivity contribution >= 4 is 12.1 Å². The quantitative estimate of drug-likeness (QED) is 0.893. The third kappa shape index (κ3) is 4.16. The maximum Gasteiger partial charge on any atom is 0.409 e. The van der Waals surface area contributed by atoms with Crippen LogP contribution < -0.4 is 0 Å². The molecule has 1 aliphatic heterocycles. The summed E-state index contributed by atoms with van der Waals surface area (Å²) >= 11 is 0. The SMILES string of the molecule is CCOC(=O)N1CCN(Cc2cccc(C(=O)O)n2)CC1. The van der Waals surface area contributed by atoms with E-state index in [9.17, 15) is 9.59 Å². The zero-order valence-corrected chi connectivity index (χ0v) is 12.0. The van der Waals surface area contributed by atoms with Crippen LogP contribution in [0.4, 0.5) is 4.79 Å². The number of aromatic carboxylic acids is 1. The lowest BCUT2D eigenvalue weighted by Gasteiger charge is -2.33. The topological polar surface area (TPSA) is 83.0 Å². The lowest BCUT2D eigenvalue weighted by atomic mass is 10.2. The summed E-state index contributed by atoms with van der Waals surface area (Å²) in [5.74, 6) is -1.02. The van der Waals surface area contributed by atoms with Crippen LogP contribution in [-0.4, -0.2) is 64.7 Å². The lowest BCUT2D eigenvalue weighted by Crippen LogP contribution is -2.48. The minimum atomic E-state index is -1.02. The Morgan fingerprint density at radius 2 is 2.00 bits per heavy atom. The number of aromatic nitrogens is 1. The van der Waals surface area contributed by atoms with E-state index in [-0.39, 0.29) is 11.8 Å². The summed E-state index contributed by atoms with van der Waals surface area (Å²) in [7, 11) is 0. The Balaban J connectivity index is 1.87. The average Bonchev–Trinajstić information content (AvgIpc) is 2.48. The molecule has 7 nitrogen and oxygen atoms in total. The van der Waals surface area contributed by atoms with Gasteiger partial charge in [0.2, 0.25) is 0 Å². The van der Waals surface area contributed by atoms with Gasteiger partial charge in [0, 0.05) is 32.7 Å². The molecule has 2 heterocycles. The van der Waals surface area contributed by atoms with Gasteiger partial charge < -0.3 is 14.7 Å². The average molecular weight is 293 g/mol. The van der Waals surface area contributed by atoms with Gasteiger partial charge in [0.1, 0.15) is 5.69 Å². The number of piperazine rings is 1. The maximum absolute atomic E-state index is 11.6. The van der Waals surface area contributed by atoms with Crippen LogP contribution in [0.5, 0.6) is 0 Å². The molecule has 1 aromatic rings. The van der Waals surface area contributed by atoms with Crippen molar-refractivity contribution in [1.29, 1.82) is 0 Å². The van der Waals surface area contributed by atoms with Crippen molar-refractivity contribution in [3.05, 3.63) is 29.6 Å². The van der Waals surface area contributed by atoms with Gasteiger partial charge in [-0.1, -0.05) is 6.07 Å². The first-order chi connectivity index (χ1) is 10.1. The number of pyridine rings is 1. The summed E-state index contributed by atoms with van der Waals surface area (Å²) in [6.07, 6.45) is -0.275. The monoisotopic (exact) mass is 293 g/mol. The number of carboxylic acids is 1. The Hall–Kier alpha value is -2.15. The molecule has 0 unspecified atom stereocenters. The van der Waals surface area contributed by atoms with Gasteiger partial charge in [0.05, 0.1) is 12.3 Å². The maximum atomic E-state index is 11.6. The van der Waals surface area contributed by atoms with Gasteiger partial charge in [0.25, 0.3) is 0 Å². The summed E-state index contributed by atoms with van der Waals surface area (Å²) in [5.41, 5.74) is 0.775. The largest absolute Gasteiger partial charge is 0.477 e. The molecule has 0 aromatic carbocycles. The smallest absolute Gasteiger partial charge is 0.409 e. The number of hydrogen-bond acceptors (Lipinski definition) is 5. The molecule has 0 radical (unpaired) electrons.